The van der Waals surface area contributed by atoms with Crippen molar-refractivity contribution < 1.29 is 9.18 Å². The summed E-state index contributed by atoms with van der Waals surface area (Å²) >= 11 is 0. The van der Waals surface area contributed by atoms with Gasteiger partial charge in [-0.1, -0.05) is 50.3 Å². The van der Waals surface area contributed by atoms with E-state index in [4.69, 9.17) is 0 Å². The summed E-state index contributed by atoms with van der Waals surface area (Å²) < 4.78 is 14.2. The van der Waals surface area contributed by atoms with Crippen molar-refractivity contribution in [2.45, 2.75) is 69.2 Å². The summed E-state index contributed by atoms with van der Waals surface area (Å²) in [4.78, 5) is 12.9. The van der Waals surface area contributed by atoms with Crippen molar-refractivity contribution in [1.29, 1.82) is 0 Å². The Morgan fingerprint density at radius 2 is 1.71 bits per heavy atom. The molecule has 0 unspecified atom stereocenters. The summed E-state index contributed by atoms with van der Waals surface area (Å²) in [6.45, 7) is 0. The zero-order chi connectivity index (χ0) is 14.7. The molecule has 2 nitrogen and oxygen atoms in total. The Hall–Kier alpha value is -1.38. The lowest BCUT2D eigenvalue weighted by atomic mass is 9.77. The van der Waals surface area contributed by atoms with E-state index in [9.17, 15) is 9.18 Å². The number of rotatable bonds is 3. The molecule has 0 aliphatic heterocycles. The lowest BCUT2D eigenvalue weighted by Gasteiger charge is -2.32. The van der Waals surface area contributed by atoms with Crippen LogP contribution in [0.4, 0.5) is 4.39 Å². The predicted octanol–water partition coefficient (Wildman–Crippen LogP) is 4.09. The van der Waals surface area contributed by atoms with Crippen LogP contribution in [-0.2, 0) is 10.2 Å². The molecule has 0 saturated heterocycles. The van der Waals surface area contributed by atoms with Crippen LogP contribution in [0.5, 0.6) is 0 Å². The van der Waals surface area contributed by atoms with Gasteiger partial charge >= 0.3 is 0 Å². The molecule has 2 saturated carbocycles. The number of halogens is 1. The number of hydrogen-bond acceptors (Lipinski definition) is 1. The minimum Gasteiger partial charge on any atom is -0.353 e. The maximum Gasteiger partial charge on any atom is 0.230 e. The van der Waals surface area contributed by atoms with Gasteiger partial charge in [0.15, 0.2) is 0 Å². The number of carbonyl (C=O) groups is 1. The molecular weight excluding hydrogens is 265 g/mol. The monoisotopic (exact) mass is 289 g/mol. The zero-order valence-corrected chi connectivity index (χ0v) is 12.5. The second-order valence-corrected chi connectivity index (χ2v) is 6.58. The minimum absolute atomic E-state index is 0.0528. The van der Waals surface area contributed by atoms with Gasteiger partial charge in [-0.15, -0.1) is 0 Å². The van der Waals surface area contributed by atoms with E-state index in [0.717, 1.165) is 38.5 Å². The summed E-state index contributed by atoms with van der Waals surface area (Å²) in [5, 5.41) is 3.22. The van der Waals surface area contributed by atoms with Gasteiger partial charge in [-0.25, -0.2) is 4.39 Å². The number of carbonyl (C=O) groups excluding carboxylic acids is 1. The van der Waals surface area contributed by atoms with Crippen molar-refractivity contribution in [3.63, 3.8) is 0 Å². The minimum atomic E-state index is -0.636. The van der Waals surface area contributed by atoms with Crippen LogP contribution in [0.1, 0.15) is 63.4 Å². The highest BCUT2D eigenvalue weighted by Gasteiger charge is 2.44. The van der Waals surface area contributed by atoms with Crippen molar-refractivity contribution in [1.82, 2.24) is 5.32 Å². The van der Waals surface area contributed by atoms with Gasteiger partial charge in [0.05, 0.1) is 5.41 Å². The van der Waals surface area contributed by atoms with Crippen LogP contribution in [0, 0.1) is 5.82 Å². The van der Waals surface area contributed by atoms with Gasteiger partial charge in [0.25, 0.3) is 0 Å². The van der Waals surface area contributed by atoms with Gasteiger partial charge in [0, 0.05) is 11.6 Å². The van der Waals surface area contributed by atoms with Gasteiger partial charge in [0.1, 0.15) is 5.82 Å². The first kappa shape index (κ1) is 14.6. The van der Waals surface area contributed by atoms with Crippen molar-refractivity contribution in [3.8, 4) is 0 Å². The molecule has 2 aliphatic rings. The fourth-order valence-electron chi connectivity index (χ4n) is 4.02. The molecule has 21 heavy (non-hydrogen) atoms. The first-order chi connectivity index (χ1) is 10.2. The van der Waals surface area contributed by atoms with Gasteiger partial charge in [-0.05, 0) is 31.7 Å². The molecule has 3 rings (SSSR count). The molecule has 0 bridgehead atoms. The highest BCUT2D eigenvalue weighted by Crippen LogP contribution is 2.42. The third-order valence-corrected chi connectivity index (χ3v) is 5.22. The number of hydrogen-bond donors (Lipinski definition) is 1. The molecule has 2 aliphatic carbocycles. The molecule has 2 fully saturated rings. The lowest BCUT2D eigenvalue weighted by molar-refractivity contribution is -0.127. The molecule has 114 valence electrons. The predicted molar refractivity (Wildman–Crippen MR) is 81.6 cm³/mol. The molecule has 0 aromatic heterocycles. The zero-order valence-electron chi connectivity index (χ0n) is 12.5. The van der Waals surface area contributed by atoms with Crippen LogP contribution in [0.15, 0.2) is 24.3 Å². The van der Waals surface area contributed by atoms with E-state index in [0.29, 0.717) is 5.56 Å². The normalized spacial score (nSPS) is 22.1. The first-order valence-electron chi connectivity index (χ1n) is 8.28. The molecule has 1 aromatic carbocycles. The fourth-order valence-corrected chi connectivity index (χ4v) is 4.02. The van der Waals surface area contributed by atoms with Crippen LogP contribution in [0.2, 0.25) is 0 Å². The molecule has 1 aromatic rings. The average Bonchev–Trinajstić information content (AvgIpc) is 2.99. The van der Waals surface area contributed by atoms with Crippen molar-refractivity contribution in [2.75, 3.05) is 0 Å². The van der Waals surface area contributed by atoms with Crippen molar-refractivity contribution >= 4 is 5.91 Å². The van der Waals surface area contributed by atoms with Gasteiger partial charge in [-0.2, -0.15) is 0 Å². The topological polar surface area (TPSA) is 29.1 Å². The summed E-state index contributed by atoms with van der Waals surface area (Å²) in [6, 6.07) is 7.09. The first-order valence-corrected chi connectivity index (χ1v) is 8.28. The molecule has 0 radical (unpaired) electrons. The second kappa shape index (κ2) is 6.17. The van der Waals surface area contributed by atoms with Gasteiger partial charge < -0.3 is 5.32 Å². The summed E-state index contributed by atoms with van der Waals surface area (Å²) in [6.07, 6.45) is 9.34. The highest BCUT2D eigenvalue weighted by atomic mass is 19.1. The largest absolute Gasteiger partial charge is 0.353 e. The SMILES string of the molecule is O=C(NC1CCCCC1)C1(c2ccccc2F)CCCC1. The maximum absolute atomic E-state index is 14.2. The van der Waals surface area contributed by atoms with Crippen molar-refractivity contribution in [2.24, 2.45) is 0 Å². The number of benzene rings is 1. The summed E-state index contributed by atoms with van der Waals surface area (Å²) in [7, 11) is 0. The van der Waals surface area contributed by atoms with Crippen LogP contribution in [0.25, 0.3) is 0 Å². The van der Waals surface area contributed by atoms with E-state index in [1.807, 2.05) is 6.07 Å². The highest BCUT2D eigenvalue weighted by molar-refractivity contribution is 5.88. The lowest BCUT2D eigenvalue weighted by Crippen LogP contribution is -2.47. The Labute approximate surface area is 126 Å². The Morgan fingerprint density at radius 3 is 2.38 bits per heavy atom. The Bertz CT molecular complexity index is 502. The van der Waals surface area contributed by atoms with Gasteiger partial charge in [0.2, 0.25) is 5.91 Å². The summed E-state index contributed by atoms with van der Waals surface area (Å²) in [5.41, 5.74) is -0.0428. The molecule has 1 amide bonds. The Kier molecular flexibility index (Phi) is 4.27. The molecular formula is C18H24FNO. The van der Waals surface area contributed by atoms with E-state index in [2.05, 4.69) is 5.32 Å². The average molecular weight is 289 g/mol. The Balaban J connectivity index is 1.83. The molecule has 1 N–H and O–H groups in total. The third kappa shape index (κ3) is 2.83. The van der Waals surface area contributed by atoms with Crippen LogP contribution >= 0.6 is 0 Å². The van der Waals surface area contributed by atoms with Crippen LogP contribution < -0.4 is 5.32 Å². The fraction of sp³-hybridized carbons (Fsp3) is 0.611. The maximum atomic E-state index is 14.2. The van der Waals surface area contributed by atoms with Gasteiger partial charge in [-0.3, -0.25) is 4.79 Å². The summed E-state index contributed by atoms with van der Waals surface area (Å²) in [5.74, 6) is -0.185. The number of nitrogens with one attached hydrogen (secondary N) is 1. The van der Waals surface area contributed by atoms with E-state index in [1.165, 1.54) is 25.3 Å². The van der Waals surface area contributed by atoms with E-state index in [1.54, 1.807) is 12.1 Å². The second-order valence-electron chi connectivity index (χ2n) is 6.58. The smallest absolute Gasteiger partial charge is 0.230 e. The van der Waals surface area contributed by atoms with E-state index in [-0.39, 0.29) is 17.8 Å². The van der Waals surface area contributed by atoms with E-state index < -0.39 is 5.41 Å². The quantitative estimate of drug-likeness (QED) is 0.892. The van der Waals surface area contributed by atoms with E-state index >= 15 is 0 Å². The standard InChI is InChI=1S/C18H24FNO/c19-16-11-5-4-10-15(16)18(12-6-7-13-18)17(21)20-14-8-2-1-3-9-14/h4-5,10-11,14H,1-3,6-9,12-13H2,(H,20,21). The molecule has 0 atom stereocenters. The molecule has 0 spiro atoms. The molecule has 0 heterocycles. The van der Waals surface area contributed by atoms with Crippen molar-refractivity contribution in [3.05, 3.63) is 35.6 Å². The third-order valence-electron chi connectivity index (χ3n) is 5.22. The molecule has 3 heteroatoms. The van der Waals surface area contributed by atoms with Crippen LogP contribution in [0.3, 0.4) is 0 Å². The number of amides is 1. The Morgan fingerprint density at radius 1 is 1.05 bits per heavy atom. The van der Waals surface area contributed by atoms with Crippen LogP contribution in [-0.4, -0.2) is 11.9 Å².